The number of hydrogen-bond donors (Lipinski definition) is 1. The van der Waals surface area contributed by atoms with E-state index < -0.39 is 0 Å². The number of benzene rings is 2. The highest BCUT2D eigenvalue weighted by Crippen LogP contribution is 2.24. The third-order valence-corrected chi connectivity index (χ3v) is 3.96. The van der Waals surface area contributed by atoms with Gasteiger partial charge in [-0.1, -0.05) is 18.2 Å². The molecule has 0 radical (unpaired) electrons. The summed E-state index contributed by atoms with van der Waals surface area (Å²) in [7, 11) is 0. The second kappa shape index (κ2) is 6.76. The Kier molecular flexibility index (Phi) is 4.15. The molecule has 0 fully saturated rings. The van der Waals surface area contributed by atoms with Gasteiger partial charge in [0.1, 0.15) is 11.3 Å². The molecular weight excluding hydrogens is 333 g/mol. The van der Waals surface area contributed by atoms with Crippen molar-refractivity contribution in [3.63, 3.8) is 0 Å². The molecular formula is C20H14FN3O2. The van der Waals surface area contributed by atoms with Gasteiger partial charge < -0.3 is 9.73 Å². The summed E-state index contributed by atoms with van der Waals surface area (Å²) in [5.74, 6) is -0.209. The summed E-state index contributed by atoms with van der Waals surface area (Å²) in [6, 6.07) is 15.0. The molecule has 2 heterocycles. The molecule has 0 saturated carbocycles. The molecule has 2 aromatic carbocycles. The molecule has 6 heteroatoms. The molecule has 0 spiro atoms. The first-order valence-corrected chi connectivity index (χ1v) is 8.03. The molecule has 0 saturated heterocycles. The van der Waals surface area contributed by atoms with Crippen LogP contribution in [0.25, 0.3) is 22.6 Å². The monoisotopic (exact) mass is 347 g/mol. The van der Waals surface area contributed by atoms with E-state index in [9.17, 15) is 9.18 Å². The Labute approximate surface area is 148 Å². The van der Waals surface area contributed by atoms with Gasteiger partial charge in [0, 0.05) is 30.1 Å². The van der Waals surface area contributed by atoms with Crippen molar-refractivity contribution in [3.05, 3.63) is 83.9 Å². The zero-order valence-electron chi connectivity index (χ0n) is 13.6. The predicted octanol–water partition coefficient (Wildman–Crippen LogP) is 3.96. The Morgan fingerprint density at radius 3 is 2.81 bits per heavy atom. The van der Waals surface area contributed by atoms with E-state index in [2.05, 4.69) is 15.3 Å². The summed E-state index contributed by atoms with van der Waals surface area (Å²) in [4.78, 5) is 20.8. The van der Waals surface area contributed by atoms with E-state index in [-0.39, 0.29) is 18.3 Å². The number of rotatable bonds is 4. The van der Waals surface area contributed by atoms with Crippen molar-refractivity contribution in [1.82, 2.24) is 15.3 Å². The topological polar surface area (TPSA) is 68.0 Å². The van der Waals surface area contributed by atoms with Gasteiger partial charge in [0.25, 0.3) is 5.91 Å². The molecule has 0 aliphatic carbocycles. The number of amides is 1. The van der Waals surface area contributed by atoms with Crippen molar-refractivity contribution in [2.45, 2.75) is 6.54 Å². The Morgan fingerprint density at radius 1 is 1.12 bits per heavy atom. The lowest BCUT2D eigenvalue weighted by molar-refractivity contribution is 0.0950. The minimum Gasteiger partial charge on any atom is -0.436 e. The van der Waals surface area contributed by atoms with Crippen LogP contribution in [0.1, 0.15) is 15.9 Å². The maximum absolute atomic E-state index is 13.6. The predicted molar refractivity (Wildman–Crippen MR) is 94.8 cm³/mol. The molecule has 1 amide bonds. The van der Waals surface area contributed by atoms with Gasteiger partial charge in [-0.05, 0) is 36.4 Å². The van der Waals surface area contributed by atoms with Crippen LogP contribution in [0.15, 0.2) is 71.4 Å². The van der Waals surface area contributed by atoms with Gasteiger partial charge in [0.05, 0.1) is 5.56 Å². The number of pyridine rings is 1. The molecule has 128 valence electrons. The Bertz CT molecular complexity index is 1080. The van der Waals surface area contributed by atoms with E-state index in [1.165, 1.54) is 6.07 Å². The zero-order valence-corrected chi connectivity index (χ0v) is 13.6. The highest BCUT2D eigenvalue weighted by Gasteiger charge is 2.12. The Hall–Kier alpha value is -3.54. The van der Waals surface area contributed by atoms with E-state index in [0.717, 1.165) is 5.56 Å². The summed E-state index contributed by atoms with van der Waals surface area (Å²) >= 11 is 0. The molecule has 2 aromatic heterocycles. The summed E-state index contributed by atoms with van der Waals surface area (Å²) in [6.07, 6.45) is 3.33. The number of nitrogens with one attached hydrogen (secondary N) is 1. The molecule has 5 nitrogen and oxygen atoms in total. The van der Waals surface area contributed by atoms with E-state index >= 15 is 0 Å². The maximum Gasteiger partial charge on any atom is 0.251 e. The van der Waals surface area contributed by atoms with Crippen LogP contribution < -0.4 is 5.32 Å². The van der Waals surface area contributed by atoms with Crippen LogP contribution in [0.3, 0.4) is 0 Å². The molecule has 4 aromatic rings. The number of nitrogens with zero attached hydrogens (tertiary/aromatic N) is 2. The van der Waals surface area contributed by atoms with Crippen molar-refractivity contribution in [2.24, 2.45) is 0 Å². The quantitative estimate of drug-likeness (QED) is 0.607. The lowest BCUT2D eigenvalue weighted by atomic mass is 10.1. The van der Waals surface area contributed by atoms with Crippen molar-refractivity contribution in [2.75, 3.05) is 0 Å². The lowest BCUT2D eigenvalue weighted by Crippen LogP contribution is -2.23. The van der Waals surface area contributed by atoms with Crippen molar-refractivity contribution >= 4 is 17.0 Å². The molecule has 0 bridgehead atoms. The molecule has 4 rings (SSSR count). The third-order valence-electron chi connectivity index (χ3n) is 3.96. The smallest absolute Gasteiger partial charge is 0.251 e. The first kappa shape index (κ1) is 16.0. The minimum atomic E-state index is -0.346. The second-order valence-corrected chi connectivity index (χ2v) is 5.72. The summed E-state index contributed by atoms with van der Waals surface area (Å²) in [6.45, 7) is 0.114. The van der Waals surface area contributed by atoms with Crippen LogP contribution in [0.2, 0.25) is 0 Å². The van der Waals surface area contributed by atoms with Crippen LogP contribution in [-0.4, -0.2) is 15.9 Å². The van der Waals surface area contributed by atoms with E-state index in [1.807, 2.05) is 6.07 Å². The Balaban J connectivity index is 1.55. The van der Waals surface area contributed by atoms with E-state index in [4.69, 9.17) is 4.42 Å². The van der Waals surface area contributed by atoms with Crippen molar-refractivity contribution in [3.8, 4) is 11.5 Å². The highest BCUT2D eigenvalue weighted by atomic mass is 19.1. The van der Waals surface area contributed by atoms with Crippen LogP contribution in [0, 0.1) is 5.82 Å². The normalized spacial score (nSPS) is 10.8. The maximum atomic E-state index is 13.6. The average Bonchev–Trinajstić information content (AvgIpc) is 3.11. The van der Waals surface area contributed by atoms with Gasteiger partial charge in [0.2, 0.25) is 5.89 Å². The fourth-order valence-corrected chi connectivity index (χ4v) is 2.60. The average molecular weight is 347 g/mol. The van der Waals surface area contributed by atoms with Crippen molar-refractivity contribution < 1.29 is 13.6 Å². The number of aromatic nitrogens is 2. The van der Waals surface area contributed by atoms with Crippen LogP contribution in [-0.2, 0) is 6.54 Å². The zero-order chi connectivity index (χ0) is 17.9. The molecule has 0 unspecified atom stereocenters. The Morgan fingerprint density at radius 2 is 2.00 bits per heavy atom. The second-order valence-electron chi connectivity index (χ2n) is 5.72. The van der Waals surface area contributed by atoms with E-state index in [0.29, 0.717) is 28.1 Å². The van der Waals surface area contributed by atoms with Gasteiger partial charge >= 0.3 is 0 Å². The number of carbonyl (C=O) groups excluding carboxylic acids is 1. The fourth-order valence-electron chi connectivity index (χ4n) is 2.60. The highest BCUT2D eigenvalue weighted by molar-refractivity contribution is 5.97. The number of fused-ring (bicyclic) bond motifs is 1. The first-order chi connectivity index (χ1) is 12.7. The van der Waals surface area contributed by atoms with Gasteiger partial charge in [-0.15, -0.1) is 0 Å². The summed E-state index contributed by atoms with van der Waals surface area (Å²) in [5.41, 5.74) is 2.77. The number of hydrogen-bond acceptors (Lipinski definition) is 4. The molecule has 0 aliphatic rings. The molecule has 0 atom stereocenters. The fraction of sp³-hybridized carbons (Fsp3) is 0.0500. The van der Waals surface area contributed by atoms with Crippen LogP contribution in [0.4, 0.5) is 4.39 Å². The van der Waals surface area contributed by atoms with Gasteiger partial charge in [-0.2, -0.15) is 0 Å². The number of carbonyl (C=O) groups is 1. The van der Waals surface area contributed by atoms with Crippen LogP contribution >= 0.6 is 0 Å². The summed E-state index contributed by atoms with van der Waals surface area (Å²) in [5, 5.41) is 2.71. The van der Waals surface area contributed by atoms with Crippen molar-refractivity contribution in [1.29, 1.82) is 0 Å². The lowest BCUT2D eigenvalue weighted by Gasteiger charge is -2.06. The van der Waals surface area contributed by atoms with Gasteiger partial charge in [-0.3, -0.25) is 9.78 Å². The van der Waals surface area contributed by atoms with Crippen LogP contribution in [0.5, 0.6) is 0 Å². The first-order valence-electron chi connectivity index (χ1n) is 8.03. The largest absolute Gasteiger partial charge is 0.436 e. The van der Waals surface area contributed by atoms with Gasteiger partial charge in [-0.25, -0.2) is 9.37 Å². The standard InChI is InChI=1S/C20H14FN3O2/c21-16-6-2-1-4-14(16)12-23-19(25)13-7-8-18-17(10-13)24-20(26-18)15-5-3-9-22-11-15/h1-11H,12H2,(H,23,25). The SMILES string of the molecule is O=C(NCc1ccccc1F)c1ccc2oc(-c3cccnc3)nc2c1. The third kappa shape index (κ3) is 3.17. The summed E-state index contributed by atoms with van der Waals surface area (Å²) < 4.78 is 19.3. The molecule has 26 heavy (non-hydrogen) atoms. The molecule has 1 N–H and O–H groups in total. The van der Waals surface area contributed by atoms with Gasteiger partial charge in [0.15, 0.2) is 5.58 Å². The number of oxazole rings is 1. The van der Waals surface area contributed by atoms with E-state index in [1.54, 1.807) is 54.9 Å². The molecule has 0 aliphatic heterocycles. The number of halogens is 1. The minimum absolute atomic E-state index is 0.114.